The maximum atomic E-state index is 12.4. The van der Waals surface area contributed by atoms with E-state index < -0.39 is 0 Å². The Morgan fingerprint density at radius 1 is 1.09 bits per heavy atom. The third-order valence-corrected chi connectivity index (χ3v) is 4.65. The first kappa shape index (κ1) is 15.1. The Bertz CT molecular complexity index is 661. The second-order valence-corrected chi connectivity index (χ2v) is 6.36. The van der Waals surface area contributed by atoms with Gasteiger partial charge in [0, 0.05) is 44.8 Å². The molecular formula is C18H25N3O. The van der Waals surface area contributed by atoms with E-state index in [1.54, 1.807) is 0 Å². The van der Waals surface area contributed by atoms with Crippen molar-refractivity contribution in [2.45, 2.75) is 19.3 Å². The lowest BCUT2D eigenvalue weighted by Gasteiger charge is -2.20. The van der Waals surface area contributed by atoms with Gasteiger partial charge in [0.15, 0.2) is 0 Å². The van der Waals surface area contributed by atoms with Gasteiger partial charge in [0.25, 0.3) is 0 Å². The third kappa shape index (κ3) is 3.33. The van der Waals surface area contributed by atoms with E-state index in [0.29, 0.717) is 12.3 Å². The number of aromatic nitrogens is 1. The van der Waals surface area contributed by atoms with E-state index in [1.807, 2.05) is 4.90 Å². The summed E-state index contributed by atoms with van der Waals surface area (Å²) in [6.07, 6.45) is 4.60. The van der Waals surface area contributed by atoms with E-state index in [0.717, 1.165) is 39.0 Å². The van der Waals surface area contributed by atoms with Crippen molar-refractivity contribution in [2.75, 3.05) is 33.2 Å². The first-order valence-corrected chi connectivity index (χ1v) is 8.14. The van der Waals surface area contributed by atoms with Gasteiger partial charge < -0.3 is 14.4 Å². The Kier molecular flexibility index (Phi) is 4.48. The number of rotatable bonds is 3. The number of hydrogen-bond acceptors (Lipinski definition) is 2. The average molecular weight is 299 g/mol. The Labute approximate surface area is 132 Å². The Morgan fingerprint density at radius 2 is 1.95 bits per heavy atom. The van der Waals surface area contributed by atoms with Gasteiger partial charge in [-0.2, -0.15) is 0 Å². The van der Waals surface area contributed by atoms with Crippen LogP contribution in [0.3, 0.4) is 0 Å². The van der Waals surface area contributed by atoms with Crippen LogP contribution in [0, 0.1) is 0 Å². The monoisotopic (exact) mass is 299 g/mol. The van der Waals surface area contributed by atoms with Crippen LogP contribution in [-0.2, 0) is 18.3 Å². The van der Waals surface area contributed by atoms with Crippen molar-refractivity contribution in [3.63, 3.8) is 0 Å². The highest BCUT2D eigenvalue weighted by Crippen LogP contribution is 2.18. The molecule has 0 spiro atoms. The molecule has 1 aliphatic rings. The third-order valence-electron chi connectivity index (χ3n) is 4.65. The number of fused-ring (bicyclic) bond motifs is 1. The van der Waals surface area contributed by atoms with Gasteiger partial charge in [-0.15, -0.1) is 0 Å². The second kappa shape index (κ2) is 6.53. The summed E-state index contributed by atoms with van der Waals surface area (Å²) in [6.45, 7) is 3.85. The molecule has 0 N–H and O–H groups in total. The predicted molar refractivity (Wildman–Crippen MR) is 89.9 cm³/mol. The number of benzene rings is 1. The van der Waals surface area contributed by atoms with Crippen molar-refractivity contribution in [1.29, 1.82) is 0 Å². The summed E-state index contributed by atoms with van der Waals surface area (Å²) in [5, 5.41) is 1.25. The molecule has 0 aliphatic carbocycles. The number of nitrogens with zero attached hydrogens (tertiary/aromatic N) is 3. The zero-order chi connectivity index (χ0) is 15.5. The molecule has 0 atom stereocenters. The fourth-order valence-corrected chi connectivity index (χ4v) is 3.19. The van der Waals surface area contributed by atoms with Crippen molar-refractivity contribution in [3.8, 4) is 0 Å². The lowest BCUT2D eigenvalue weighted by molar-refractivity contribution is -0.131. The molecule has 4 heteroatoms. The predicted octanol–water partition coefficient (Wildman–Crippen LogP) is 2.28. The second-order valence-electron chi connectivity index (χ2n) is 6.36. The Morgan fingerprint density at radius 3 is 2.82 bits per heavy atom. The molecule has 22 heavy (non-hydrogen) atoms. The van der Waals surface area contributed by atoms with E-state index >= 15 is 0 Å². The molecule has 1 aromatic carbocycles. The summed E-state index contributed by atoms with van der Waals surface area (Å²) in [6, 6.07) is 8.63. The highest BCUT2D eigenvalue weighted by atomic mass is 16.2. The number of hydrogen-bond donors (Lipinski definition) is 0. The molecule has 0 radical (unpaired) electrons. The molecule has 4 nitrogen and oxygen atoms in total. The van der Waals surface area contributed by atoms with E-state index in [2.05, 4.69) is 54.0 Å². The van der Waals surface area contributed by atoms with Crippen molar-refractivity contribution in [3.05, 3.63) is 36.0 Å². The molecule has 1 aliphatic heterocycles. The number of carbonyl (C=O) groups is 1. The van der Waals surface area contributed by atoms with E-state index in [-0.39, 0.29) is 0 Å². The molecule has 118 valence electrons. The maximum Gasteiger partial charge on any atom is 0.222 e. The molecule has 0 unspecified atom stereocenters. The van der Waals surface area contributed by atoms with Crippen LogP contribution in [0.2, 0.25) is 0 Å². The van der Waals surface area contributed by atoms with Gasteiger partial charge in [0.2, 0.25) is 5.91 Å². The fraction of sp³-hybridized carbons (Fsp3) is 0.500. The highest BCUT2D eigenvalue weighted by Gasteiger charge is 2.17. The summed E-state index contributed by atoms with van der Waals surface area (Å²) >= 11 is 0. The summed E-state index contributed by atoms with van der Waals surface area (Å²) < 4.78 is 2.12. The minimum atomic E-state index is 0.295. The van der Waals surface area contributed by atoms with Crippen molar-refractivity contribution >= 4 is 16.8 Å². The van der Waals surface area contributed by atoms with Gasteiger partial charge in [-0.05, 0) is 55.6 Å². The lowest BCUT2D eigenvalue weighted by Crippen LogP contribution is -2.34. The molecule has 1 aromatic heterocycles. The number of carbonyl (C=O) groups excluding carboxylic acids is 1. The zero-order valence-electron chi connectivity index (χ0n) is 13.6. The number of amides is 1. The van der Waals surface area contributed by atoms with Crippen molar-refractivity contribution in [1.82, 2.24) is 14.4 Å². The average Bonchev–Trinajstić information content (AvgIpc) is 2.74. The summed E-state index contributed by atoms with van der Waals surface area (Å²) in [7, 11) is 4.19. The van der Waals surface area contributed by atoms with Crippen molar-refractivity contribution < 1.29 is 4.79 Å². The van der Waals surface area contributed by atoms with E-state index in [9.17, 15) is 4.79 Å². The topological polar surface area (TPSA) is 28.5 Å². The first-order valence-electron chi connectivity index (χ1n) is 8.14. The molecule has 0 bridgehead atoms. The normalized spacial score (nSPS) is 16.9. The lowest BCUT2D eigenvalue weighted by atomic mass is 10.1. The van der Waals surface area contributed by atoms with Crippen LogP contribution >= 0.6 is 0 Å². The molecule has 2 aromatic rings. The van der Waals surface area contributed by atoms with Gasteiger partial charge >= 0.3 is 0 Å². The van der Waals surface area contributed by atoms with Crippen LogP contribution in [0.25, 0.3) is 10.9 Å². The molecule has 0 saturated carbocycles. The van der Waals surface area contributed by atoms with Gasteiger partial charge in [-0.1, -0.05) is 6.07 Å². The molecule has 1 fully saturated rings. The van der Waals surface area contributed by atoms with E-state index in [4.69, 9.17) is 0 Å². The highest BCUT2D eigenvalue weighted by molar-refractivity contribution is 5.81. The largest absolute Gasteiger partial charge is 0.351 e. The van der Waals surface area contributed by atoms with Gasteiger partial charge in [0.05, 0.1) is 0 Å². The number of aryl methyl sites for hydroxylation is 2. The summed E-state index contributed by atoms with van der Waals surface area (Å²) in [4.78, 5) is 16.7. The zero-order valence-corrected chi connectivity index (χ0v) is 13.6. The smallest absolute Gasteiger partial charge is 0.222 e. The minimum Gasteiger partial charge on any atom is -0.351 e. The standard InChI is InChI=1S/C18H25N3O/c1-19-9-3-10-21(13-12-19)18(22)7-5-15-4-6-17-16(14-15)8-11-20(17)2/h4,6,8,11,14H,3,5,7,9-10,12-13H2,1-2H3. The van der Waals surface area contributed by atoms with Gasteiger partial charge in [0.1, 0.15) is 0 Å². The summed E-state index contributed by atoms with van der Waals surface area (Å²) in [5.41, 5.74) is 2.49. The maximum absolute atomic E-state index is 12.4. The van der Waals surface area contributed by atoms with Crippen LogP contribution in [0.4, 0.5) is 0 Å². The summed E-state index contributed by atoms with van der Waals surface area (Å²) in [5.74, 6) is 0.295. The van der Waals surface area contributed by atoms with E-state index in [1.165, 1.54) is 16.5 Å². The molecule has 2 heterocycles. The quantitative estimate of drug-likeness (QED) is 0.870. The number of likely N-dealkylation sites (N-methyl/N-ethyl adjacent to an activating group) is 1. The van der Waals surface area contributed by atoms with Crippen LogP contribution in [0.1, 0.15) is 18.4 Å². The minimum absolute atomic E-state index is 0.295. The van der Waals surface area contributed by atoms with Gasteiger partial charge in [-0.3, -0.25) is 4.79 Å². The molecule has 3 rings (SSSR count). The fourth-order valence-electron chi connectivity index (χ4n) is 3.19. The molecular weight excluding hydrogens is 274 g/mol. The molecule has 1 amide bonds. The van der Waals surface area contributed by atoms with Gasteiger partial charge in [-0.25, -0.2) is 0 Å². The molecule has 1 saturated heterocycles. The Hall–Kier alpha value is -1.81. The van der Waals surface area contributed by atoms with Crippen LogP contribution in [-0.4, -0.2) is 53.5 Å². The first-order chi connectivity index (χ1) is 10.6. The SMILES string of the molecule is CN1CCCN(C(=O)CCc2ccc3c(ccn3C)c2)CC1. The van der Waals surface area contributed by atoms with Crippen molar-refractivity contribution in [2.24, 2.45) is 7.05 Å². The van der Waals surface area contributed by atoms with Crippen LogP contribution in [0.15, 0.2) is 30.5 Å². The van der Waals surface area contributed by atoms with Crippen LogP contribution in [0.5, 0.6) is 0 Å². The van der Waals surface area contributed by atoms with Crippen LogP contribution < -0.4 is 0 Å². The Balaban J connectivity index is 1.59.